The highest BCUT2D eigenvalue weighted by molar-refractivity contribution is 5.12. The first-order valence-electron chi connectivity index (χ1n) is 11.2. The van der Waals surface area contributed by atoms with Gasteiger partial charge in [0.25, 0.3) is 0 Å². The quantitative estimate of drug-likeness (QED) is 0.498. The molecule has 25 heavy (non-hydrogen) atoms. The monoisotopic (exact) mass is 348 g/mol. The van der Waals surface area contributed by atoms with Gasteiger partial charge in [-0.3, -0.25) is 0 Å². The molecule has 0 aromatic carbocycles. The Labute approximate surface area is 157 Å². The van der Waals surface area contributed by atoms with Crippen LogP contribution in [0.2, 0.25) is 0 Å². The molecular weight excluding hydrogens is 304 g/mol. The molecule has 1 N–H and O–H groups in total. The van der Waals surface area contributed by atoms with Crippen molar-refractivity contribution >= 4 is 0 Å². The van der Waals surface area contributed by atoms with Crippen LogP contribution in [0.1, 0.15) is 92.9 Å². The minimum absolute atomic E-state index is 0.143. The molecule has 1 saturated carbocycles. The molecule has 146 valence electrons. The summed E-state index contributed by atoms with van der Waals surface area (Å²) in [6, 6.07) is 0. The maximum Gasteiger partial charge on any atom is 0.0593 e. The van der Waals surface area contributed by atoms with E-state index in [9.17, 15) is 5.11 Å². The molecule has 0 aliphatic heterocycles. The van der Waals surface area contributed by atoms with Crippen molar-refractivity contribution in [3.8, 4) is 0 Å². The third-order valence-electron chi connectivity index (χ3n) is 7.53. The number of aliphatic hydroxyl groups excluding tert-OH is 1. The molecule has 1 fully saturated rings. The standard InChI is InChI=1S/C24H44O/c1-7-17(4)24(25)19(6)23-15-21(20-11-9-8-10-12-20)14-18(5)22(23)13-16(2)3/h11,16-19,21-25H,7-10,12-15H2,1-6H3/t17?,18-,19?,21?,22?,23?,24+/m1/s1. The number of hydrogen-bond donors (Lipinski definition) is 1. The number of aliphatic hydroxyl groups is 1. The zero-order chi connectivity index (χ0) is 18.6. The highest BCUT2D eigenvalue weighted by Gasteiger charge is 2.41. The SMILES string of the molecule is CCC(C)[C@H](O)C(C)C1CC(C2=CCCCC2)C[C@@H](C)C1CC(C)C. The number of allylic oxidation sites excluding steroid dienone is 2. The van der Waals surface area contributed by atoms with E-state index in [2.05, 4.69) is 47.6 Å². The van der Waals surface area contributed by atoms with Gasteiger partial charge in [0.05, 0.1) is 6.10 Å². The fraction of sp³-hybridized carbons (Fsp3) is 0.917. The third kappa shape index (κ3) is 5.34. The van der Waals surface area contributed by atoms with Crippen molar-refractivity contribution in [2.75, 3.05) is 0 Å². The van der Waals surface area contributed by atoms with Gasteiger partial charge in [-0.05, 0) is 86.4 Å². The van der Waals surface area contributed by atoms with Crippen LogP contribution in [0.3, 0.4) is 0 Å². The largest absolute Gasteiger partial charge is 0.393 e. The summed E-state index contributed by atoms with van der Waals surface area (Å²) >= 11 is 0. The topological polar surface area (TPSA) is 20.2 Å². The van der Waals surface area contributed by atoms with Crippen molar-refractivity contribution in [3.63, 3.8) is 0 Å². The molecule has 1 nitrogen and oxygen atoms in total. The van der Waals surface area contributed by atoms with Crippen molar-refractivity contribution in [1.82, 2.24) is 0 Å². The van der Waals surface area contributed by atoms with Crippen LogP contribution in [0.15, 0.2) is 11.6 Å². The zero-order valence-electron chi connectivity index (χ0n) is 17.8. The molecule has 2 aliphatic carbocycles. The van der Waals surface area contributed by atoms with Gasteiger partial charge in [-0.15, -0.1) is 0 Å². The number of rotatable bonds is 7. The fourth-order valence-electron chi connectivity index (χ4n) is 5.75. The molecule has 5 unspecified atom stereocenters. The van der Waals surface area contributed by atoms with E-state index in [0.717, 1.165) is 30.1 Å². The second-order valence-corrected chi connectivity index (χ2v) is 9.86. The average molecular weight is 349 g/mol. The summed E-state index contributed by atoms with van der Waals surface area (Å²) in [6.07, 6.45) is 12.9. The van der Waals surface area contributed by atoms with Crippen LogP contribution >= 0.6 is 0 Å². The van der Waals surface area contributed by atoms with Gasteiger partial charge in [0.2, 0.25) is 0 Å². The lowest BCUT2D eigenvalue weighted by atomic mass is 9.59. The lowest BCUT2D eigenvalue weighted by molar-refractivity contribution is -0.0175. The van der Waals surface area contributed by atoms with Gasteiger partial charge in [-0.1, -0.05) is 59.6 Å². The summed E-state index contributed by atoms with van der Waals surface area (Å²) < 4.78 is 0. The molecule has 2 aliphatic rings. The van der Waals surface area contributed by atoms with Crippen LogP contribution < -0.4 is 0 Å². The highest BCUT2D eigenvalue weighted by Crippen LogP contribution is 2.49. The normalized spacial score (nSPS) is 34.5. The first kappa shape index (κ1) is 21.0. The van der Waals surface area contributed by atoms with E-state index in [1.165, 1.54) is 44.9 Å². The average Bonchev–Trinajstić information content (AvgIpc) is 2.61. The molecule has 0 amide bonds. The summed E-state index contributed by atoms with van der Waals surface area (Å²) in [5.74, 6) is 4.65. The summed E-state index contributed by atoms with van der Waals surface area (Å²) in [5, 5.41) is 11.0. The van der Waals surface area contributed by atoms with Gasteiger partial charge in [0, 0.05) is 0 Å². The first-order chi connectivity index (χ1) is 11.8. The summed E-state index contributed by atoms with van der Waals surface area (Å²) in [6.45, 7) is 14.0. The molecule has 0 aromatic rings. The van der Waals surface area contributed by atoms with E-state index in [-0.39, 0.29) is 6.10 Å². The molecule has 0 heterocycles. The minimum Gasteiger partial charge on any atom is -0.393 e. The fourth-order valence-corrected chi connectivity index (χ4v) is 5.75. The molecule has 0 aromatic heterocycles. The lowest BCUT2D eigenvalue weighted by Crippen LogP contribution is -2.41. The lowest BCUT2D eigenvalue weighted by Gasteiger charge is -2.47. The Morgan fingerprint density at radius 2 is 1.84 bits per heavy atom. The molecule has 7 atom stereocenters. The molecule has 0 bridgehead atoms. The molecule has 2 rings (SSSR count). The first-order valence-corrected chi connectivity index (χ1v) is 11.2. The molecule has 0 radical (unpaired) electrons. The van der Waals surface area contributed by atoms with Gasteiger partial charge in [0.1, 0.15) is 0 Å². The highest BCUT2D eigenvalue weighted by atomic mass is 16.3. The summed E-state index contributed by atoms with van der Waals surface area (Å²) in [7, 11) is 0. The van der Waals surface area contributed by atoms with Crippen molar-refractivity contribution in [2.45, 2.75) is 99.0 Å². The molecular formula is C24H44O. The van der Waals surface area contributed by atoms with Crippen LogP contribution in [-0.2, 0) is 0 Å². The van der Waals surface area contributed by atoms with Crippen LogP contribution in [0.25, 0.3) is 0 Å². The number of hydrogen-bond acceptors (Lipinski definition) is 1. The van der Waals surface area contributed by atoms with Crippen molar-refractivity contribution in [2.24, 2.45) is 41.4 Å². The van der Waals surface area contributed by atoms with Crippen LogP contribution in [0.5, 0.6) is 0 Å². The van der Waals surface area contributed by atoms with Crippen LogP contribution in [-0.4, -0.2) is 11.2 Å². The Hall–Kier alpha value is -0.300. The third-order valence-corrected chi connectivity index (χ3v) is 7.53. The summed E-state index contributed by atoms with van der Waals surface area (Å²) in [5.41, 5.74) is 1.76. The van der Waals surface area contributed by atoms with Crippen molar-refractivity contribution in [1.29, 1.82) is 0 Å². The van der Waals surface area contributed by atoms with E-state index in [1.807, 2.05) is 0 Å². The second kappa shape index (κ2) is 9.58. The van der Waals surface area contributed by atoms with Crippen molar-refractivity contribution in [3.05, 3.63) is 11.6 Å². The smallest absolute Gasteiger partial charge is 0.0593 e. The van der Waals surface area contributed by atoms with Crippen LogP contribution in [0, 0.1) is 41.4 Å². The molecule has 1 heteroatoms. The Bertz CT molecular complexity index is 424. The van der Waals surface area contributed by atoms with Gasteiger partial charge in [0.15, 0.2) is 0 Å². The summed E-state index contributed by atoms with van der Waals surface area (Å²) in [4.78, 5) is 0. The maximum absolute atomic E-state index is 11.0. The Kier molecular flexibility index (Phi) is 8.05. The predicted octanol–water partition coefficient (Wildman–Crippen LogP) is 6.85. The van der Waals surface area contributed by atoms with Crippen molar-refractivity contribution < 1.29 is 5.11 Å². The van der Waals surface area contributed by atoms with E-state index < -0.39 is 0 Å². The van der Waals surface area contributed by atoms with E-state index >= 15 is 0 Å². The Morgan fingerprint density at radius 3 is 2.40 bits per heavy atom. The Balaban J connectivity index is 2.19. The maximum atomic E-state index is 11.0. The molecule has 0 spiro atoms. The zero-order valence-corrected chi connectivity index (χ0v) is 17.8. The van der Waals surface area contributed by atoms with Gasteiger partial charge >= 0.3 is 0 Å². The van der Waals surface area contributed by atoms with E-state index in [4.69, 9.17) is 0 Å². The Morgan fingerprint density at radius 1 is 1.12 bits per heavy atom. The predicted molar refractivity (Wildman–Crippen MR) is 109 cm³/mol. The molecule has 0 saturated heterocycles. The second-order valence-electron chi connectivity index (χ2n) is 9.86. The minimum atomic E-state index is -0.143. The van der Waals surface area contributed by atoms with E-state index in [0.29, 0.717) is 17.8 Å². The van der Waals surface area contributed by atoms with Gasteiger partial charge < -0.3 is 5.11 Å². The van der Waals surface area contributed by atoms with Gasteiger partial charge in [-0.2, -0.15) is 0 Å². The van der Waals surface area contributed by atoms with E-state index in [1.54, 1.807) is 5.57 Å². The van der Waals surface area contributed by atoms with Gasteiger partial charge in [-0.25, -0.2) is 0 Å². The van der Waals surface area contributed by atoms with Crippen LogP contribution in [0.4, 0.5) is 0 Å².